The number of nitrogens with one attached hydrogen (secondary N) is 1. The van der Waals surface area contributed by atoms with Crippen LogP contribution >= 0.6 is 22.7 Å². The van der Waals surface area contributed by atoms with Crippen molar-refractivity contribution in [3.05, 3.63) is 46.1 Å². The van der Waals surface area contributed by atoms with Crippen molar-refractivity contribution in [1.82, 2.24) is 19.9 Å². The first-order valence-corrected chi connectivity index (χ1v) is 8.24. The van der Waals surface area contributed by atoms with E-state index in [1.165, 1.54) is 11.3 Å². The quantitative estimate of drug-likeness (QED) is 0.787. The zero-order chi connectivity index (χ0) is 14.7. The maximum atomic E-state index is 12.2. The van der Waals surface area contributed by atoms with Crippen LogP contribution in [0.15, 0.2) is 35.5 Å². The van der Waals surface area contributed by atoms with Gasteiger partial charge in [0.2, 0.25) is 0 Å². The third-order valence-electron chi connectivity index (χ3n) is 2.99. The van der Waals surface area contributed by atoms with Crippen molar-refractivity contribution in [2.45, 2.75) is 13.5 Å². The molecule has 0 saturated carbocycles. The predicted octanol–water partition coefficient (Wildman–Crippen LogP) is 2.81. The molecule has 0 fully saturated rings. The van der Waals surface area contributed by atoms with Crippen LogP contribution in [0.1, 0.15) is 15.4 Å². The summed E-state index contributed by atoms with van der Waals surface area (Å²) in [5.41, 5.74) is 1.85. The molecule has 0 aliphatic rings. The molecule has 0 saturated heterocycles. The summed E-state index contributed by atoms with van der Waals surface area (Å²) in [7, 11) is 0. The molecule has 0 radical (unpaired) electrons. The molecule has 0 spiro atoms. The van der Waals surface area contributed by atoms with Crippen LogP contribution in [-0.4, -0.2) is 27.0 Å². The third kappa shape index (κ3) is 3.20. The number of imidazole rings is 1. The van der Waals surface area contributed by atoms with Gasteiger partial charge >= 0.3 is 0 Å². The van der Waals surface area contributed by atoms with Gasteiger partial charge in [-0.15, -0.1) is 11.3 Å². The summed E-state index contributed by atoms with van der Waals surface area (Å²) >= 11 is 3.07. The smallest absolute Gasteiger partial charge is 0.263 e. The van der Waals surface area contributed by atoms with Crippen LogP contribution in [-0.2, 0) is 6.54 Å². The van der Waals surface area contributed by atoms with E-state index in [9.17, 15) is 4.79 Å². The molecule has 0 atom stereocenters. The second-order valence-corrected chi connectivity index (χ2v) is 6.28. The highest BCUT2D eigenvalue weighted by atomic mass is 32.1. The Morgan fingerprint density at radius 2 is 2.38 bits per heavy atom. The number of amides is 1. The Hall–Kier alpha value is -1.99. The highest BCUT2D eigenvalue weighted by molar-refractivity contribution is 7.17. The number of rotatable bonds is 5. The monoisotopic (exact) mass is 318 g/mol. The van der Waals surface area contributed by atoms with Crippen LogP contribution < -0.4 is 5.32 Å². The Labute approximate surface area is 130 Å². The molecule has 0 aliphatic heterocycles. The Kier molecular flexibility index (Phi) is 4.12. The molecule has 3 heterocycles. The molecular formula is C14H14N4OS2. The van der Waals surface area contributed by atoms with Gasteiger partial charge in [-0.1, -0.05) is 0 Å². The van der Waals surface area contributed by atoms with Crippen LogP contribution in [0.4, 0.5) is 0 Å². The van der Waals surface area contributed by atoms with Gasteiger partial charge in [0.15, 0.2) is 0 Å². The molecule has 1 amide bonds. The summed E-state index contributed by atoms with van der Waals surface area (Å²) in [6, 6.07) is 2.02. The minimum Gasteiger partial charge on any atom is -0.349 e. The average molecular weight is 318 g/mol. The van der Waals surface area contributed by atoms with E-state index in [0.29, 0.717) is 18.0 Å². The lowest BCUT2D eigenvalue weighted by molar-refractivity contribution is 0.0955. The van der Waals surface area contributed by atoms with Gasteiger partial charge in [0.25, 0.3) is 5.91 Å². The topological polar surface area (TPSA) is 59.8 Å². The highest BCUT2D eigenvalue weighted by Crippen LogP contribution is 2.29. The van der Waals surface area contributed by atoms with Crippen LogP contribution in [0.2, 0.25) is 0 Å². The Bertz CT molecular complexity index is 716. The van der Waals surface area contributed by atoms with Gasteiger partial charge in [-0.3, -0.25) is 4.79 Å². The van der Waals surface area contributed by atoms with Gasteiger partial charge in [-0.2, -0.15) is 11.3 Å². The summed E-state index contributed by atoms with van der Waals surface area (Å²) in [6.45, 7) is 3.15. The molecule has 21 heavy (non-hydrogen) atoms. The third-order valence-corrected chi connectivity index (χ3v) is 4.87. The number of thiophene rings is 1. The van der Waals surface area contributed by atoms with Crippen LogP contribution in [0.25, 0.3) is 10.6 Å². The first-order chi connectivity index (χ1) is 10.2. The first-order valence-electron chi connectivity index (χ1n) is 6.48. The molecule has 0 aromatic carbocycles. The first kappa shape index (κ1) is 14.0. The average Bonchev–Trinajstić information content (AvgIpc) is 3.19. The van der Waals surface area contributed by atoms with Gasteiger partial charge < -0.3 is 9.88 Å². The number of aryl methyl sites for hydroxylation is 1. The maximum Gasteiger partial charge on any atom is 0.263 e. The summed E-state index contributed by atoms with van der Waals surface area (Å²) in [5, 5.41) is 7.87. The lowest BCUT2D eigenvalue weighted by Gasteiger charge is -2.04. The van der Waals surface area contributed by atoms with Crippen molar-refractivity contribution < 1.29 is 4.79 Å². The molecule has 0 unspecified atom stereocenters. The lowest BCUT2D eigenvalue weighted by Crippen LogP contribution is -2.26. The Balaban J connectivity index is 1.64. The molecule has 0 bridgehead atoms. The van der Waals surface area contributed by atoms with E-state index < -0.39 is 0 Å². The highest BCUT2D eigenvalue weighted by Gasteiger charge is 2.15. The fraction of sp³-hybridized carbons (Fsp3) is 0.214. The SMILES string of the molecule is Cc1nc(-c2ccsc2)sc1C(=O)NCCn1ccnc1. The van der Waals surface area contributed by atoms with E-state index in [2.05, 4.69) is 15.3 Å². The summed E-state index contributed by atoms with van der Waals surface area (Å²) in [5.74, 6) is -0.0633. The Morgan fingerprint density at radius 1 is 1.48 bits per heavy atom. The normalized spacial score (nSPS) is 10.7. The van der Waals surface area contributed by atoms with Gasteiger partial charge in [0.05, 0.1) is 12.0 Å². The predicted molar refractivity (Wildman–Crippen MR) is 84.7 cm³/mol. The van der Waals surface area contributed by atoms with E-state index in [0.717, 1.165) is 16.3 Å². The molecule has 3 rings (SSSR count). The van der Waals surface area contributed by atoms with Crippen molar-refractivity contribution in [3.8, 4) is 10.6 Å². The van der Waals surface area contributed by atoms with Crippen molar-refractivity contribution >= 4 is 28.6 Å². The van der Waals surface area contributed by atoms with Gasteiger partial charge in [-0.25, -0.2) is 9.97 Å². The van der Waals surface area contributed by atoms with Crippen molar-refractivity contribution in [3.63, 3.8) is 0 Å². The molecule has 1 N–H and O–H groups in total. The largest absolute Gasteiger partial charge is 0.349 e. The van der Waals surface area contributed by atoms with E-state index in [-0.39, 0.29) is 5.91 Å². The zero-order valence-corrected chi connectivity index (χ0v) is 13.1. The molecule has 108 valence electrons. The number of aromatic nitrogens is 3. The number of carbonyl (C=O) groups excluding carboxylic acids is 1. The number of nitrogens with zero attached hydrogens (tertiary/aromatic N) is 3. The molecule has 0 aliphatic carbocycles. The number of thiazole rings is 1. The molecule has 5 nitrogen and oxygen atoms in total. The van der Waals surface area contributed by atoms with Crippen LogP contribution in [0.5, 0.6) is 0 Å². The second-order valence-electron chi connectivity index (χ2n) is 4.50. The van der Waals surface area contributed by atoms with Crippen molar-refractivity contribution in [1.29, 1.82) is 0 Å². The number of carbonyl (C=O) groups is 1. The minimum absolute atomic E-state index is 0.0633. The van der Waals surface area contributed by atoms with E-state index in [4.69, 9.17) is 0 Å². The fourth-order valence-corrected chi connectivity index (χ4v) is 3.61. The standard InChI is InChI=1S/C14H14N4OS2/c1-10-12(21-14(17-10)11-2-7-20-8-11)13(19)16-4-6-18-5-3-15-9-18/h2-3,5,7-9H,4,6H2,1H3,(H,16,19). The Morgan fingerprint density at radius 3 is 3.10 bits per heavy atom. The molecule has 3 aromatic rings. The minimum atomic E-state index is -0.0633. The second kappa shape index (κ2) is 6.19. The van der Waals surface area contributed by atoms with Crippen LogP contribution in [0.3, 0.4) is 0 Å². The maximum absolute atomic E-state index is 12.2. The number of hydrogen-bond donors (Lipinski definition) is 1. The molecule has 3 aromatic heterocycles. The van der Waals surface area contributed by atoms with E-state index >= 15 is 0 Å². The van der Waals surface area contributed by atoms with Gasteiger partial charge in [0, 0.05) is 36.4 Å². The van der Waals surface area contributed by atoms with Crippen molar-refractivity contribution in [2.75, 3.05) is 6.54 Å². The van der Waals surface area contributed by atoms with Crippen molar-refractivity contribution in [2.24, 2.45) is 0 Å². The molecular weight excluding hydrogens is 304 g/mol. The van der Waals surface area contributed by atoms with E-state index in [1.807, 2.05) is 34.5 Å². The summed E-state index contributed by atoms with van der Waals surface area (Å²) < 4.78 is 1.93. The van der Waals surface area contributed by atoms with Gasteiger partial charge in [0.1, 0.15) is 9.88 Å². The lowest BCUT2D eigenvalue weighted by atomic mass is 10.3. The summed E-state index contributed by atoms with van der Waals surface area (Å²) in [6.07, 6.45) is 5.33. The van der Waals surface area contributed by atoms with Crippen LogP contribution in [0, 0.1) is 6.92 Å². The molecule has 7 heteroatoms. The van der Waals surface area contributed by atoms with E-state index in [1.54, 1.807) is 23.9 Å². The zero-order valence-electron chi connectivity index (χ0n) is 11.4. The summed E-state index contributed by atoms with van der Waals surface area (Å²) in [4.78, 5) is 21.3. The number of hydrogen-bond acceptors (Lipinski definition) is 5. The fourth-order valence-electron chi connectivity index (χ4n) is 1.91. The van der Waals surface area contributed by atoms with Gasteiger partial charge in [-0.05, 0) is 18.4 Å².